The van der Waals surface area contributed by atoms with Gasteiger partial charge in [-0.3, -0.25) is 0 Å². The summed E-state index contributed by atoms with van der Waals surface area (Å²) in [6.07, 6.45) is -1.99. The highest BCUT2D eigenvalue weighted by Gasteiger charge is 2.33. The third-order valence-corrected chi connectivity index (χ3v) is 4.71. The van der Waals surface area contributed by atoms with Crippen LogP contribution in [0.1, 0.15) is 25.0 Å². The normalized spacial score (nSPS) is 24.3. The first-order chi connectivity index (χ1) is 10.9. The Kier molecular flexibility index (Phi) is 4.77. The maximum absolute atomic E-state index is 12.8. The number of aliphatic hydroxyl groups is 1. The van der Waals surface area contributed by atoms with Gasteiger partial charge in [0.25, 0.3) is 0 Å². The number of alkyl halides is 3. The molecule has 1 unspecified atom stereocenters. The molecule has 2 aliphatic rings. The summed E-state index contributed by atoms with van der Waals surface area (Å²) < 4.78 is 38.3. The fourth-order valence-electron chi connectivity index (χ4n) is 3.41. The first kappa shape index (κ1) is 16.5. The van der Waals surface area contributed by atoms with Crippen LogP contribution in [0.15, 0.2) is 18.2 Å². The van der Waals surface area contributed by atoms with Gasteiger partial charge in [-0.1, -0.05) is 6.07 Å². The fraction of sp³-hybridized carbons (Fsp3) is 0.688. The van der Waals surface area contributed by atoms with E-state index < -0.39 is 11.9 Å². The number of hydrogen-bond donors (Lipinski definition) is 1. The lowest BCUT2D eigenvalue weighted by Gasteiger charge is -2.31. The fourth-order valence-corrected chi connectivity index (χ4v) is 3.41. The maximum Gasteiger partial charge on any atom is 0.433 e. The summed E-state index contributed by atoms with van der Waals surface area (Å²) >= 11 is 0. The van der Waals surface area contributed by atoms with Crippen molar-refractivity contribution in [3.63, 3.8) is 0 Å². The zero-order valence-electron chi connectivity index (χ0n) is 13.0. The van der Waals surface area contributed by atoms with E-state index in [-0.39, 0.29) is 6.10 Å². The van der Waals surface area contributed by atoms with Crippen LogP contribution >= 0.6 is 0 Å². The number of likely N-dealkylation sites (tertiary alicyclic amines) is 1. The van der Waals surface area contributed by atoms with Crippen LogP contribution in [0.5, 0.6) is 0 Å². The first-order valence-electron chi connectivity index (χ1n) is 8.11. The summed E-state index contributed by atoms with van der Waals surface area (Å²) in [6, 6.07) is 4.08. The van der Waals surface area contributed by atoms with E-state index in [0.29, 0.717) is 11.7 Å². The topological polar surface area (TPSA) is 39.6 Å². The summed E-state index contributed by atoms with van der Waals surface area (Å²) in [4.78, 5) is 8.06. The second-order valence-corrected chi connectivity index (χ2v) is 6.51. The number of nitrogens with zero attached hydrogens (tertiary/aromatic N) is 3. The van der Waals surface area contributed by atoms with Crippen molar-refractivity contribution in [1.29, 1.82) is 0 Å². The third kappa shape index (κ3) is 4.14. The molecular formula is C16H22F3N3O. The van der Waals surface area contributed by atoms with Crippen LogP contribution < -0.4 is 4.90 Å². The molecule has 2 saturated heterocycles. The number of aliphatic hydroxyl groups excluding tert-OH is 1. The number of pyridine rings is 1. The van der Waals surface area contributed by atoms with E-state index in [0.717, 1.165) is 58.1 Å². The van der Waals surface area contributed by atoms with Gasteiger partial charge in [-0.05, 0) is 37.3 Å². The smallest absolute Gasteiger partial charge is 0.393 e. The minimum Gasteiger partial charge on any atom is -0.393 e. The molecule has 3 rings (SSSR count). The molecule has 128 valence electrons. The molecule has 0 saturated carbocycles. The average molecular weight is 329 g/mol. The number of piperidine rings is 1. The van der Waals surface area contributed by atoms with Gasteiger partial charge in [0.2, 0.25) is 0 Å². The van der Waals surface area contributed by atoms with Crippen molar-refractivity contribution in [3.05, 3.63) is 23.9 Å². The molecule has 1 N–H and O–H groups in total. The second-order valence-electron chi connectivity index (χ2n) is 6.51. The molecule has 1 aromatic rings. The molecule has 0 amide bonds. The highest BCUT2D eigenvalue weighted by atomic mass is 19.4. The average Bonchev–Trinajstić information content (AvgIpc) is 2.97. The van der Waals surface area contributed by atoms with E-state index in [9.17, 15) is 18.3 Å². The van der Waals surface area contributed by atoms with E-state index in [1.54, 1.807) is 6.07 Å². The number of aromatic nitrogens is 1. The standard InChI is InChI=1S/C16H22F3N3O/c17-16(18,19)14-2-1-3-15(20-14)22-9-4-12(11-22)10-21-7-5-13(23)6-8-21/h1-3,12-13,23H,4-11H2. The van der Waals surface area contributed by atoms with Gasteiger partial charge in [-0.25, -0.2) is 4.98 Å². The van der Waals surface area contributed by atoms with Gasteiger partial charge in [-0.15, -0.1) is 0 Å². The Labute approximate surface area is 133 Å². The lowest BCUT2D eigenvalue weighted by atomic mass is 10.0. The Morgan fingerprint density at radius 1 is 1.13 bits per heavy atom. The molecule has 2 aliphatic heterocycles. The van der Waals surface area contributed by atoms with Crippen LogP contribution in [-0.4, -0.2) is 53.8 Å². The second kappa shape index (κ2) is 6.65. The highest BCUT2D eigenvalue weighted by Crippen LogP contribution is 2.30. The van der Waals surface area contributed by atoms with E-state index in [1.165, 1.54) is 6.07 Å². The molecule has 1 aromatic heterocycles. The van der Waals surface area contributed by atoms with Crippen LogP contribution in [0.4, 0.5) is 19.0 Å². The molecule has 0 aromatic carbocycles. The molecule has 1 atom stereocenters. The van der Waals surface area contributed by atoms with Gasteiger partial charge in [0.1, 0.15) is 11.5 Å². The highest BCUT2D eigenvalue weighted by molar-refractivity contribution is 5.41. The van der Waals surface area contributed by atoms with E-state index in [4.69, 9.17) is 0 Å². The molecule has 3 heterocycles. The minimum absolute atomic E-state index is 0.180. The van der Waals surface area contributed by atoms with Crippen molar-refractivity contribution in [2.45, 2.75) is 31.5 Å². The molecule has 23 heavy (non-hydrogen) atoms. The lowest BCUT2D eigenvalue weighted by molar-refractivity contribution is -0.141. The van der Waals surface area contributed by atoms with Crippen molar-refractivity contribution >= 4 is 5.82 Å². The van der Waals surface area contributed by atoms with Crippen molar-refractivity contribution in [3.8, 4) is 0 Å². The van der Waals surface area contributed by atoms with Crippen molar-refractivity contribution in [2.24, 2.45) is 5.92 Å². The summed E-state index contributed by atoms with van der Waals surface area (Å²) in [6.45, 7) is 4.24. The molecule has 0 bridgehead atoms. The van der Waals surface area contributed by atoms with Gasteiger partial charge in [-0.2, -0.15) is 13.2 Å². The summed E-state index contributed by atoms with van der Waals surface area (Å²) in [7, 11) is 0. The van der Waals surface area contributed by atoms with Crippen LogP contribution in [0.2, 0.25) is 0 Å². The van der Waals surface area contributed by atoms with Crippen molar-refractivity contribution in [1.82, 2.24) is 9.88 Å². The molecule has 7 heteroatoms. The van der Waals surface area contributed by atoms with Gasteiger partial charge < -0.3 is 14.9 Å². The molecule has 2 fully saturated rings. The molecule has 0 aliphatic carbocycles. The molecule has 4 nitrogen and oxygen atoms in total. The zero-order valence-corrected chi connectivity index (χ0v) is 13.0. The maximum atomic E-state index is 12.8. The Morgan fingerprint density at radius 2 is 1.87 bits per heavy atom. The van der Waals surface area contributed by atoms with Gasteiger partial charge in [0.05, 0.1) is 6.10 Å². The predicted molar refractivity (Wildman–Crippen MR) is 81.2 cm³/mol. The zero-order chi connectivity index (χ0) is 16.4. The number of hydrogen-bond acceptors (Lipinski definition) is 4. The molecular weight excluding hydrogens is 307 g/mol. The first-order valence-corrected chi connectivity index (χ1v) is 8.11. The molecule has 0 radical (unpaired) electrons. The number of halogens is 3. The summed E-state index contributed by atoms with van der Waals surface area (Å²) in [5.74, 6) is 0.859. The van der Waals surface area contributed by atoms with Gasteiger partial charge in [0, 0.05) is 32.7 Å². The Balaban J connectivity index is 1.57. The van der Waals surface area contributed by atoms with Crippen LogP contribution in [-0.2, 0) is 6.18 Å². The lowest BCUT2D eigenvalue weighted by Crippen LogP contribution is -2.39. The Hall–Kier alpha value is -1.34. The largest absolute Gasteiger partial charge is 0.433 e. The quantitative estimate of drug-likeness (QED) is 0.924. The van der Waals surface area contributed by atoms with Crippen molar-refractivity contribution < 1.29 is 18.3 Å². The van der Waals surface area contributed by atoms with Crippen LogP contribution in [0.25, 0.3) is 0 Å². The third-order valence-electron chi connectivity index (χ3n) is 4.71. The van der Waals surface area contributed by atoms with Crippen LogP contribution in [0.3, 0.4) is 0 Å². The van der Waals surface area contributed by atoms with Crippen LogP contribution in [0, 0.1) is 5.92 Å². The predicted octanol–water partition coefficient (Wildman–Crippen LogP) is 2.38. The number of rotatable bonds is 3. The summed E-state index contributed by atoms with van der Waals surface area (Å²) in [5, 5.41) is 9.54. The summed E-state index contributed by atoms with van der Waals surface area (Å²) in [5.41, 5.74) is -0.830. The monoisotopic (exact) mass is 329 g/mol. The van der Waals surface area contributed by atoms with Crippen molar-refractivity contribution in [2.75, 3.05) is 37.6 Å². The number of anilines is 1. The van der Waals surface area contributed by atoms with Gasteiger partial charge in [0.15, 0.2) is 0 Å². The van der Waals surface area contributed by atoms with E-state index in [1.807, 2.05) is 4.90 Å². The van der Waals surface area contributed by atoms with E-state index >= 15 is 0 Å². The molecule has 0 spiro atoms. The SMILES string of the molecule is OC1CCN(CC2CCN(c3cccc(C(F)(F)F)n3)C2)CC1. The van der Waals surface area contributed by atoms with E-state index in [2.05, 4.69) is 9.88 Å². The van der Waals surface area contributed by atoms with Gasteiger partial charge >= 0.3 is 6.18 Å². The Bertz CT molecular complexity index is 530. The Morgan fingerprint density at radius 3 is 2.57 bits per heavy atom. The minimum atomic E-state index is -4.40.